The first-order chi connectivity index (χ1) is 8.20. The normalized spacial score (nSPS) is 12.5. The van der Waals surface area contributed by atoms with Gasteiger partial charge < -0.3 is 10.4 Å². The molecule has 0 aliphatic rings. The topological polar surface area (TPSA) is 79.5 Å². The van der Waals surface area contributed by atoms with Crippen molar-refractivity contribution < 1.29 is 9.90 Å². The number of nitrogens with one attached hydrogen (secondary N) is 1. The molecule has 1 unspecified atom stereocenters. The number of anilines is 1. The number of fused-ring (bicyclic) bond motifs is 1. The summed E-state index contributed by atoms with van der Waals surface area (Å²) < 4.78 is 1.63. The van der Waals surface area contributed by atoms with Gasteiger partial charge in [0.2, 0.25) is 0 Å². The SMILES string of the molecule is CCCC(Nc1ccn2nccc2n1)C(=O)O. The standard InChI is InChI=1S/C11H14N4O2/c1-2-3-8(11(16)17)13-9-5-7-15-10(14-9)4-6-12-15/h4-8H,2-3H2,1H3,(H,13,14)(H,16,17). The monoisotopic (exact) mass is 234 g/mol. The second-order valence-electron chi connectivity index (χ2n) is 3.77. The first kappa shape index (κ1) is 11.4. The molecular weight excluding hydrogens is 220 g/mol. The maximum absolute atomic E-state index is 11.0. The summed E-state index contributed by atoms with van der Waals surface area (Å²) in [5.74, 6) is -0.305. The van der Waals surface area contributed by atoms with Crippen molar-refractivity contribution in [1.82, 2.24) is 14.6 Å². The van der Waals surface area contributed by atoms with Gasteiger partial charge in [-0.15, -0.1) is 0 Å². The molecule has 2 aromatic rings. The zero-order valence-corrected chi connectivity index (χ0v) is 9.50. The van der Waals surface area contributed by atoms with E-state index >= 15 is 0 Å². The van der Waals surface area contributed by atoms with Gasteiger partial charge in [-0.1, -0.05) is 13.3 Å². The number of carboxylic acid groups (broad SMARTS) is 1. The highest BCUT2D eigenvalue weighted by molar-refractivity contribution is 5.76. The average molecular weight is 234 g/mol. The van der Waals surface area contributed by atoms with Crippen molar-refractivity contribution in [2.75, 3.05) is 5.32 Å². The molecule has 2 rings (SSSR count). The van der Waals surface area contributed by atoms with E-state index in [1.807, 2.05) is 6.92 Å². The summed E-state index contributed by atoms with van der Waals surface area (Å²) in [4.78, 5) is 15.3. The minimum atomic E-state index is -0.859. The van der Waals surface area contributed by atoms with Gasteiger partial charge in [0, 0.05) is 12.3 Å². The average Bonchev–Trinajstić information content (AvgIpc) is 2.75. The van der Waals surface area contributed by atoms with Gasteiger partial charge >= 0.3 is 5.97 Å². The largest absolute Gasteiger partial charge is 0.480 e. The third-order valence-electron chi connectivity index (χ3n) is 2.46. The van der Waals surface area contributed by atoms with Crippen molar-refractivity contribution in [3.8, 4) is 0 Å². The molecule has 2 aromatic heterocycles. The van der Waals surface area contributed by atoms with Gasteiger partial charge in [-0.25, -0.2) is 14.3 Å². The van der Waals surface area contributed by atoms with Crippen molar-refractivity contribution in [2.24, 2.45) is 0 Å². The number of rotatable bonds is 5. The maximum atomic E-state index is 11.0. The number of carbonyl (C=O) groups is 1. The fourth-order valence-electron chi connectivity index (χ4n) is 1.62. The van der Waals surface area contributed by atoms with E-state index in [-0.39, 0.29) is 0 Å². The summed E-state index contributed by atoms with van der Waals surface area (Å²) in [6.07, 6.45) is 4.77. The molecule has 2 N–H and O–H groups in total. The van der Waals surface area contributed by atoms with Crippen LogP contribution in [0.4, 0.5) is 5.82 Å². The Bertz CT molecular complexity index is 523. The van der Waals surface area contributed by atoms with Crippen molar-refractivity contribution in [3.05, 3.63) is 24.5 Å². The lowest BCUT2D eigenvalue weighted by molar-refractivity contribution is -0.138. The van der Waals surface area contributed by atoms with Gasteiger partial charge in [-0.2, -0.15) is 5.10 Å². The highest BCUT2D eigenvalue weighted by Crippen LogP contribution is 2.10. The van der Waals surface area contributed by atoms with Crippen LogP contribution in [0.5, 0.6) is 0 Å². The third kappa shape index (κ3) is 2.52. The molecule has 0 radical (unpaired) electrons. The molecule has 6 nitrogen and oxygen atoms in total. The van der Waals surface area contributed by atoms with Crippen LogP contribution in [-0.2, 0) is 4.79 Å². The molecule has 0 bridgehead atoms. The first-order valence-corrected chi connectivity index (χ1v) is 5.50. The minimum absolute atomic E-state index is 0.554. The summed E-state index contributed by atoms with van der Waals surface area (Å²) in [7, 11) is 0. The highest BCUT2D eigenvalue weighted by atomic mass is 16.4. The Morgan fingerprint density at radius 2 is 2.41 bits per heavy atom. The van der Waals surface area contributed by atoms with Crippen LogP contribution in [0, 0.1) is 0 Å². The molecule has 2 heterocycles. The van der Waals surface area contributed by atoms with Crippen LogP contribution < -0.4 is 5.32 Å². The molecule has 0 aliphatic heterocycles. The molecule has 6 heteroatoms. The Morgan fingerprint density at radius 1 is 1.59 bits per heavy atom. The minimum Gasteiger partial charge on any atom is -0.480 e. The van der Waals surface area contributed by atoms with E-state index in [1.54, 1.807) is 29.0 Å². The molecule has 1 atom stereocenters. The summed E-state index contributed by atoms with van der Waals surface area (Å²) >= 11 is 0. The van der Waals surface area contributed by atoms with E-state index in [4.69, 9.17) is 5.11 Å². The van der Waals surface area contributed by atoms with Crippen LogP contribution in [0.3, 0.4) is 0 Å². The Morgan fingerprint density at radius 3 is 3.12 bits per heavy atom. The van der Waals surface area contributed by atoms with Crippen molar-refractivity contribution >= 4 is 17.4 Å². The van der Waals surface area contributed by atoms with Crippen LogP contribution in [-0.4, -0.2) is 31.7 Å². The fraction of sp³-hybridized carbons (Fsp3) is 0.364. The van der Waals surface area contributed by atoms with E-state index in [0.29, 0.717) is 17.9 Å². The quantitative estimate of drug-likeness (QED) is 0.817. The lowest BCUT2D eigenvalue weighted by Crippen LogP contribution is -2.29. The van der Waals surface area contributed by atoms with Crippen molar-refractivity contribution in [1.29, 1.82) is 0 Å². The summed E-state index contributed by atoms with van der Waals surface area (Å²) in [5, 5.41) is 16.0. The van der Waals surface area contributed by atoms with Gasteiger partial charge in [0.1, 0.15) is 11.9 Å². The number of carboxylic acids is 1. The van der Waals surface area contributed by atoms with Crippen LogP contribution in [0.25, 0.3) is 5.65 Å². The fourth-order valence-corrected chi connectivity index (χ4v) is 1.62. The Labute approximate surface area is 98.3 Å². The summed E-state index contributed by atoms with van der Waals surface area (Å²) in [5.41, 5.74) is 0.690. The molecule has 17 heavy (non-hydrogen) atoms. The van der Waals surface area contributed by atoms with Crippen molar-refractivity contribution in [3.63, 3.8) is 0 Å². The van der Waals surface area contributed by atoms with Crippen molar-refractivity contribution in [2.45, 2.75) is 25.8 Å². The number of nitrogens with zero attached hydrogens (tertiary/aromatic N) is 3. The van der Waals surface area contributed by atoms with Crippen LogP contribution >= 0.6 is 0 Å². The van der Waals surface area contributed by atoms with Gasteiger partial charge in [0.25, 0.3) is 0 Å². The van der Waals surface area contributed by atoms with E-state index in [0.717, 1.165) is 6.42 Å². The van der Waals surface area contributed by atoms with Crippen LogP contribution in [0.1, 0.15) is 19.8 Å². The Hall–Kier alpha value is -2.11. The second kappa shape index (κ2) is 4.82. The maximum Gasteiger partial charge on any atom is 0.326 e. The van der Waals surface area contributed by atoms with E-state index in [2.05, 4.69) is 15.4 Å². The van der Waals surface area contributed by atoms with Gasteiger partial charge in [0.05, 0.1) is 6.20 Å². The molecule has 0 fully saturated rings. The molecule has 0 amide bonds. The van der Waals surface area contributed by atoms with E-state index in [9.17, 15) is 4.79 Å². The van der Waals surface area contributed by atoms with Gasteiger partial charge in [-0.05, 0) is 12.5 Å². The predicted molar refractivity (Wildman–Crippen MR) is 62.9 cm³/mol. The molecule has 0 saturated heterocycles. The molecule has 90 valence electrons. The second-order valence-corrected chi connectivity index (χ2v) is 3.77. The summed E-state index contributed by atoms with van der Waals surface area (Å²) in [6.45, 7) is 1.95. The highest BCUT2D eigenvalue weighted by Gasteiger charge is 2.16. The lowest BCUT2D eigenvalue weighted by atomic mass is 10.2. The number of aliphatic carboxylic acids is 1. The third-order valence-corrected chi connectivity index (χ3v) is 2.46. The Balaban J connectivity index is 2.18. The number of hydrogen-bond acceptors (Lipinski definition) is 4. The Kier molecular flexibility index (Phi) is 3.22. The molecule has 0 spiro atoms. The van der Waals surface area contributed by atoms with E-state index in [1.165, 1.54) is 0 Å². The molecule has 0 aliphatic carbocycles. The molecular formula is C11H14N4O2. The van der Waals surface area contributed by atoms with Crippen LogP contribution in [0.15, 0.2) is 24.5 Å². The van der Waals surface area contributed by atoms with Gasteiger partial charge in [0.15, 0.2) is 5.65 Å². The summed E-state index contributed by atoms with van der Waals surface area (Å²) in [6, 6.07) is 2.88. The zero-order chi connectivity index (χ0) is 12.3. The van der Waals surface area contributed by atoms with E-state index < -0.39 is 12.0 Å². The smallest absolute Gasteiger partial charge is 0.326 e. The first-order valence-electron chi connectivity index (χ1n) is 5.50. The van der Waals surface area contributed by atoms with Crippen LogP contribution in [0.2, 0.25) is 0 Å². The zero-order valence-electron chi connectivity index (χ0n) is 9.50. The lowest BCUT2D eigenvalue weighted by Gasteiger charge is -2.13. The molecule has 0 saturated carbocycles. The van der Waals surface area contributed by atoms with Gasteiger partial charge in [-0.3, -0.25) is 0 Å². The number of hydrogen-bond donors (Lipinski definition) is 2. The molecule has 0 aromatic carbocycles. The number of aromatic nitrogens is 3. The predicted octanol–water partition coefficient (Wildman–Crippen LogP) is 1.39.